The van der Waals surface area contributed by atoms with E-state index in [1.165, 1.54) is 0 Å². The quantitative estimate of drug-likeness (QED) is 0.0932. The Kier molecular flexibility index (Phi) is 12.2. The third-order valence-electron chi connectivity index (χ3n) is 6.19. The van der Waals surface area contributed by atoms with E-state index in [0.717, 1.165) is 22.3 Å². The SMILES string of the molecule is Cc1cc(O)cc(C)c1C[C@H](N=C(N)N)C(=O)NC(CCN=C(N)N)C(=O)NCC(Cc1ccccc1)N=C(N)N. The van der Waals surface area contributed by atoms with Crippen molar-refractivity contribution in [1.82, 2.24) is 10.6 Å². The van der Waals surface area contributed by atoms with Gasteiger partial charge in [0.15, 0.2) is 17.9 Å². The van der Waals surface area contributed by atoms with Crippen LogP contribution in [0, 0.1) is 13.8 Å². The predicted molar refractivity (Wildman–Crippen MR) is 161 cm³/mol. The first-order valence-electron chi connectivity index (χ1n) is 13.0. The Morgan fingerprint density at radius 3 is 2.02 bits per heavy atom. The van der Waals surface area contributed by atoms with Crippen LogP contribution in [0.25, 0.3) is 0 Å². The van der Waals surface area contributed by atoms with Gasteiger partial charge < -0.3 is 50.1 Å². The molecule has 15 N–H and O–H groups in total. The second-order valence-corrected chi connectivity index (χ2v) is 9.63. The summed E-state index contributed by atoms with van der Waals surface area (Å²) in [5.74, 6) is -1.52. The number of phenols is 1. The number of nitrogens with two attached hydrogens (primary N) is 6. The molecule has 0 heterocycles. The third kappa shape index (κ3) is 11.3. The van der Waals surface area contributed by atoms with Gasteiger partial charge in [-0.15, -0.1) is 0 Å². The molecule has 2 rings (SSSR count). The Hall–Kier alpha value is -5.01. The monoisotopic (exact) mass is 567 g/mol. The number of nitrogens with zero attached hydrogens (tertiary/aromatic N) is 3. The molecule has 0 radical (unpaired) electrons. The Labute approximate surface area is 239 Å². The molecule has 41 heavy (non-hydrogen) atoms. The summed E-state index contributed by atoms with van der Waals surface area (Å²) < 4.78 is 0. The zero-order chi connectivity index (χ0) is 30.5. The molecular weight excluding hydrogens is 526 g/mol. The molecule has 0 aromatic heterocycles. The molecule has 0 saturated heterocycles. The summed E-state index contributed by atoms with van der Waals surface area (Å²) in [7, 11) is 0. The van der Waals surface area contributed by atoms with Crippen molar-refractivity contribution in [1.29, 1.82) is 0 Å². The average molecular weight is 568 g/mol. The maximum absolute atomic E-state index is 13.4. The summed E-state index contributed by atoms with van der Waals surface area (Å²) in [6.45, 7) is 3.79. The molecule has 3 atom stereocenters. The van der Waals surface area contributed by atoms with Gasteiger partial charge in [0.1, 0.15) is 17.8 Å². The smallest absolute Gasteiger partial charge is 0.245 e. The minimum Gasteiger partial charge on any atom is -0.508 e. The standard InChI is InChI=1S/C27H41N11O3/c1-15-10-19(39)11-16(2)20(15)13-22(38-27(32)33)24(41)37-21(8-9-34-25(28)29)23(40)35-14-18(36-26(30)31)12-17-6-4-3-5-7-17/h3-7,10-11,18,21-22,39H,8-9,12-14H2,1-2H3,(H,35,40)(H,37,41)(H4,28,29,34)(H4,30,31,36)(H4,32,33,38)/t18?,21?,22-/m0/s1. The lowest BCUT2D eigenvalue weighted by Gasteiger charge is -2.22. The minimum absolute atomic E-state index is 0.0746. The van der Waals surface area contributed by atoms with Crippen molar-refractivity contribution in [2.24, 2.45) is 49.4 Å². The van der Waals surface area contributed by atoms with Crippen LogP contribution in [-0.4, -0.2) is 66.0 Å². The number of aromatic hydroxyl groups is 1. The zero-order valence-corrected chi connectivity index (χ0v) is 23.4. The molecule has 14 heteroatoms. The first-order chi connectivity index (χ1) is 19.3. The van der Waals surface area contributed by atoms with Gasteiger partial charge in [-0.2, -0.15) is 0 Å². The van der Waals surface area contributed by atoms with E-state index in [0.29, 0.717) is 6.42 Å². The number of amides is 2. The summed E-state index contributed by atoms with van der Waals surface area (Å²) in [6, 6.07) is 10.2. The van der Waals surface area contributed by atoms with Crippen LogP contribution in [0.5, 0.6) is 5.75 Å². The van der Waals surface area contributed by atoms with E-state index in [9.17, 15) is 14.7 Å². The first-order valence-corrected chi connectivity index (χ1v) is 13.0. The highest BCUT2D eigenvalue weighted by molar-refractivity contribution is 5.91. The number of hydrogen-bond donors (Lipinski definition) is 9. The van der Waals surface area contributed by atoms with E-state index in [1.807, 2.05) is 30.3 Å². The van der Waals surface area contributed by atoms with E-state index < -0.39 is 29.9 Å². The molecule has 222 valence electrons. The molecular formula is C27H41N11O3. The fraction of sp³-hybridized carbons (Fsp3) is 0.370. The van der Waals surface area contributed by atoms with Gasteiger partial charge in [0.25, 0.3) is 0 Å². The second kappa shape index (κ2) is 15.5. The van der Waals surface area contributed by atoms with Gasteiger partial charge >= 0.3 is 0 Å². The van der Waals surface area contributed by atoms with Crippen molar-refractivity contribution in [2.45, 2.75) is 51.2 Å². The van der Waals surface area contributed by atoms with Crippen LogP contribution in [0.2, 0.25) is 0 Å². The molecule has 14 nitrogen and oxygen atoms in total. The lowest BCUT2D eigenvalue weighted by Crippen LogP contribution is -2.51. The van der Waals surface area contributed by atoms with Crippen molar-refractivity contribution in [3.8, 4) is 5.75 Å². The van der Waals surface area contributed by atoms with Gasteiger partial charge in [-0.1, -0.05) is 30.3 Å². The summed E-state index contributed by atoms with van der Waals surface area (Å²) >= 11 is 0. The van der Waals surface area contributed by atoms with E-state index in [-0.39, 0.29) is 49.6 Å². The van der Waals surface area contributed by atoms with Crippen LogP contribution in [-0.2, 0) is 22.4 Å². The van der Waals surface area contributed by atoms with Crippen LogP contribution in [0.4, 0.5) is 0 Å². The molecule has 2 aromatic carbocycles. The fourth-order valence-electron chi connectivity index (χ4n) is 4.32. The molecule has 0 fully saturated rings. The third-order valence-corrected chi connectivity index (χ3v) is 6.19. The van der Waals surface area contributed by atoms with Gasteiger partial charge in [0.05, 0.1) is 6.04 Å². The number of carbonyl (C=O) groups excluding carboxylic acids is 2. The Bertz CT molecular complexity index is 1240. The molecule has 0 aliphatic carbocycles. The summed E-state index contributed by atoms with van der Waals surface area (Å²) in [5.41, 5.74) is 36.6. The summed E-state index contributed by atoms with van der Waals surface area (Å²) in [6.07, 6.45) is 0.697. The van der Waals surface area contributed by atoms with Crippen molar-refractivity contribution >= 4 is 29.7 Å². The number of aliphatic imine (C=N–C) groups is 3. The number of benzene rings is 2. The van der Waals surface area contributed by atoms with E-state index in [1.54, 1.807) is 26.0 Å². The van der Waals surface area contributed by atoms with Gasteiger partial charge in [-0.25, -0.2) is 9.98 Å². The number of aryl methyl sites for hydroxylation is 2. The summed E-state index contributed by atoms with van der Waals surface area (Å²) in [4.78, 5) is 39.0. The molecule has 0 saturated carbocycles. The van der Waals surface area contributed by atoms with Crippen LogP contribution in [0.15, 0.2) is 57.4 Å². The molecule has 0 spiro atoms. The number of guanidine groups is 3. The number of carbonyl (C=O) groups is 2. The summed E-state index contributed by atoms with van der Waals surface area (Å²) in [5, 5.41) is 15.4. The number of nitrogens with one attached hydrogen (secondary N) is 2. The number of phenolic OH excluding ortho intramolecular Hbond substituents is 1. The number of hydrogen-bond acceptors (Lipinski definition) is 6. The Morgan fingerprint density at radius 2 is 1.46 bits per heavy atom. The zero-order valence-electron chi connectivity index (χ0n) is 23.4. The largest absolute Gasteiger partial charge is 0.508 e. The maximum atomic E-state index is 13.4. The molecule has 0 aliphatic rings. The van der Waals surface area contributed by atoms with Crippen molar-refractivity contribution in [3.05, 3.63) is 64.7 Å². The fourth-order valence-corrected chi connectivity index (χ4v) is 4.32. The first kappa shape index (κ1) is 32.2. The molecule has 2 unspecified atom stereocenters. The Balaban J connectivity index is 2.24. The van der Waals surface area contributed by atoms with Crippen LogP contribution >= 0.6 is 0 Å². The highest BCUT2D eigenvalue weighted by Crippen LogP contribution is 2.23. The Morgan fingerprint density at radius 1 is 0.854 bits per heavy atom. The highest BCUT2D eigenvalue weighted by Gasteiger charge is 2.27. The van der Waals surface area contributed by atoms with Crippen LogP contribution in [0.1, 0.15) is 28.7 Å². The number of rotatable bonds is 14. The minimum atomic E-state index is -1.05. The van der Waals surface area contributed by atoms with E-state index in [2.05, 4.69) is 25.6 Å². The van der Waals surface area contributed by atoms with Gasteiger partial charge in [0, 0.05) is 19.5 Å². The van der Waals surface area contributed by atoms with E-state index in [4.69, 9.17) is 34.4 Å². The highest BCUT2D eigenvalue weighted by atomic mass is 16.3. The van der Waals surface area contributed by atoms with E-state index >= 15 is 0 Å². The second-order valence-electron chi connectivity index (χ2n) is 9.63. The average Bonchev–Trinajstić information content (AvgIpc) is 2.87. The predicted octanol–water partition coefficient (Wildman–Crippen LogP) is -1.66. The van der Waals surface area contributed by atoms with Crippen molar-refractivity contribution in [3.63, 3.8) is 0 Å². The molecule has 0 bridgehead atoms. The van der Waals surface area contributed by atoms with Crippen molar-refractivity contribution < 1.29 is 14.7 Å². The topological polar surface area (TPSA) is 272 Å². The normalized spacial score (nSPS) is 12.7. The van der Waals surface area contributed by atoms with Gasteiger partial charge in [-0.3, -0.25) is 14.6 Å². The van der Waals surface area contributed by atoms with Crippen LogP contribution in [0.3, 0.4) is 0 Å². The van der Waals surface area contributed by atoms with Gasteiger partial charge in [0.2, 0.25) is 11.8 Å². The molecule has 2 amide bonds. The lowest BCUT2D eigenvalue weighted by molar-refractivity contribution is -0.129. The molecule has 0 aliphatic heterocycles. The van der Waals surface area contributed by atoms with Gasteiger partial charge in [-0.05, 0) is 61.1 Å². The molecule has 2 aromatic rings. The maximum Gasteiger partial charge on any atom is 0.245 e. The van der Waals surface area contributed by atoms with Crippen LogP contribution < -0.4 is 45.0 Å². The lowest BCUT2D eigenvalue weighted by atomic mass is 9.95. The van der Waals surface area contributed by atoms with Crippen molar-refractivity contribution in [2.75, 3.05) is 13.1 Å².